The van der Waals surface area contributed by atoms with E-state index in [9.17, 15) is 13.9 Å². The van der Waals surface area contributed by atoms with Gasteiger partial charge < -0.3 is 9.84 Å². The SMILES string of the molecule is OC(c1ccc(Cl)cc1)c1ccc(C(F)(F)C2(c3ccc(F)cc3F)CO2)nc1. The monoisotopic (exact) mass is 423 g/mol. The van der Waals surface area contributed by atoms with Gasteiger partial charge in [0.05, 0.1) is 6.61 Å². The summed E-state index contributed by atoms with van der Waals surface area (Å²) in [6.45, 7) is -0.431. The summed E-state index contributed by atoms with van der Waals surface area (Å²) in [6.07, 6.45) is 0.0442. The van der Waals surface area contributed by atoms with Gasteiger partial charge in [-0.1, -0.05) is 29.8 Å². The number of pyridine rings is 1. The number of aliphatic hydroxyl groups is 1. The van der Waals surface area contributed by atoms with Crippen LogP contribution in [0.25, 0.3) is 0 Å². The number of benzene rings is 2. The van der Waals surface area contributed by atoms with E-state index >= 15 is 8.78 Å². The fourth-order valence-electron chi connectivity index (χ4n) is 3.19. The third kappa shape index (κ3) is 3.39. The number of alkyl halides is 2. The van der Waals surface area contributed by atoms with Crippen LogP contribution in [0.1, 0.15) is 28.5 Å². The van der Waals surface area contributed by atoms with Gasteiger partial charge >= 0.3 is 5.92 Å². The van der Waals surface area contributed by atoms with Crippen molar-refractivity contribution in [3.05, 3.63) is 99.8 Å². The number of hydrogen-bond acceptors (Lipinski definition) is 3. The van der Waals surface area contributed by atoms with E-state index in [1.165, 1.54) is 6.07 Å². The van der Waals surface area contributed by atoms with Gasteiger partial charge in [0, 0.05) is 28.4 Å². The minimum absolute atomic E-state index is 0.297. The molecule has 2 aromatic carbocycles. The Bertz CT molecular complexity index is 1040. The molecule has 2 heterocycles. The summed E-state index contributed by atoms with van der Waals surface area (Å²) in [4.78, 5) is 3.78. The number of ether oxygens (including phenoxy) is 1. The number of epoxide rings is 1. The Balaban J connectivity index is 1.63. The number of aromatic nitrogens is 1. The highest BCUT2D eigenvalue weighted by atomic mass is 35.5. The van der Waals surface area contributed by atoms with Gasteiger partial charge in [-0.25, -0.2) is 8.78 Å². The molecule has 1 aromatic heterocycles. The zero-order valence-corrected chi connectivity index (χ0v) is 15.5. The van der Waals surface area contributed by atoms with Crippen molar-refractivity contribution in [2.24, 2.45) is 0 Å². The molecule has 3 aromatic rings. The minimum atomic E-state index is -3.67. The number of halogens is 5. The van der Waals surface area contributed by atoms with Gasteiger partial charge in [0.15, 0.2) is 5.60 Å². The molecule has 1 aliphatic heterocycles. The first-order valence-electron chi connectivity index (χ1n) is 8.62. The highest BCUT2D eigenvalue weighted by Crippen LogP contribution is 2.56. The third-order valence-corrected chi connectivity index (χ3v) is 5.17. The van der Waals surface area contributed by atoms with Crippen LogP contribution < -0.4 is 0 Å². The Morgan fingerprint density at radius 3 is 2.24 bits per heavy atom. The quantitative estimate of drug-likeness (QED) is 0.458. The van der Waals surface area contributed by atoms with Gasteiger partial charge in [-0.05, 0) is 35.9 Å². The molecule has 4 rings (SSSR count). The average molecular weight is 424 g/mol. The predicted molar refractivity (Wildman–Crippen MR) is 97.6 cm³/mol. The Labute approximate surface area is 168 Å². The van der Waals surface area contributed by atoms with E-state index in [0.717, 1.165) is 24.4 Å². The second-order valence-electron chi connectivity index (χ2n) is 6.75. The first kappa shape index (κ1) is 19.8. The summed E-state index contributed by atoms with van der Waals surface area (Å²) in [6, 6.07) is 11.2. The van der Waals surface area contributed by atoms with E-state index in [1.54, 1.807) is 24.3 Å². The largest absolute Gasteiger partial charge is 0.384 e. The average Bonchev–Trinajstić information content (AvgIpc) is 3.50. The fraction of sp³-hybridized carbons (Fsp3) is 0.190. The molecular formula is C21H14ClF4NO2. The van der Waals surface area contributed by atoms with Crippen molar-refractivity contribution in [3.8, 4) is 0 Å². The maximum Gasteiger partial charge on any atom is 0.324 e. The van der Waals surface area contributed by atoms with E-state index < -0.39 is 47.1 Å². The van der Waals surface area contributed by atoms with Crippen molar-refractivity contribution in [3.63, 3.8) is 0 Å². The molecule has 0 aliphatic carbocycles. The molecule has 1 N–H and O–H groups in total. The highest BCUT2D eigenvalue weighted by Gasteiger charge is 2.68. The topological polar surface area (TPSA) is 45.6 Å². The van der Waals surface area contributed by atoms with Crippen molar-refractivity contribution in [2.75, 3.05) is 6.61 Å². The molecule has 0 radical (unpaired) electrons. The molecular weight excluding hydrogens is 410 g/mol. The zero-order valence-electron chi connectivity index (χ0n) is 14.8. The Hall–Kier alpha value is -2.48. The summed E-state index contributed by atoms with van der Waals surface area (Å²) >= 11 is 5.82. The van der Waals surface area contributed by atoms with E-state index in [4.69, 9.17) is 16.3 Å². The molecule has 29 heavy (non-hydrogen) atoms. The predicted octanol–water partition coefficient (Wildman–Crippen LogP) is 5.11. The van der Waals surface area contributed by atoms with E-state index in [2.05, 4.69) is 4.98 Å². The first-order valence-corrected chi connectivity index (χ1v) is 9.00. The van der Waals surface area contributed by atoms with Gasteiger partial charge in [-0.3, -0.25) is 4.98 Å². The van der Waals surface area contributed by atoms with Crippen LogP contribution in [-0.4, -0.2) is 16.7 Å². The molecule has 0 bridgehead atoms. The number of hydrogen-bond donors (Lipinski definition) is 1. The van der Waals surface area contributed by atoms with Gasteiger partial charge in [-0.2, -0.15) is 8.78 Å². The van der Waals surface area contributed by atoms with Crippen LogP contribution in [0.3, 0.4) is 0 Å². The molecule has 2 atom stereocenters. The van der Waals surface area contributed by atoms with Crippen LogP contribution in [0, 0.1) is 11.6 Å². The lowest BCUT2D eigenvalue weighted by Crippen LogP contribution is -2.34. The number of rotatable bonds is 5. The van der Waals surface area contributed by atoms with Crippen LogP contribution in [-0.2, 0) is 16.3 Å². The summed E-state index contributed by atoms with van der Waals surface area (Å²) in [5, 5.41) is 10.9. The molecule has 8 heteroatoms. The summed E-state index contributed by atoms with van der Waals surface area (Å²) < 4.78 is 62.5. The maximum atomic E-state index is 15.1. The Morgan fingerprint density at radius 1 is 1.03 bits per heavy atom. The van der Waals surface area contributed by atoms with Crippen LogP contribution >= 0.6 is 11.6 Å². The van der Waals surface area contributed by atoms with Crippen LogP contribution in [0.4, 0.5) is 17.6 Å². The minimum Gasteiger partial charge on any atom is -0.384 e. The molecule has 1 saturated heterocycles. The third-order valence-electron chi connectivity index (χ3n) is 4.92. The van der Waals surface area contributed by atoms with Crippen molar-refractivity contribution in [1.82, 2.24) is 4.98 Å². The molecule has 2 unspecified atom stereocenters. The van der Waals surface area contributed by atoms with E-state index in [1.807, 2.05) is 0 Å². The lowest BCUT2D eigenvalue weighted by Gasteiger charge is -2.24. The first-order chi connectivity index (χ1) is 13.7. The van der Waals surface area contributed by atoms with Crippen LogP contribution in [0.2, 0.25) is 5.02 Å². The molecule has 1 fully saturated rings. The van der Waals surface area contributed by atoms with Gasteiger partial charge in [0.2, 0.25) is 0 Å². The van der Waals surface area contributed by atoms with Crippen LogP contribution in [0.15, 0.2) is 60.8 Å². The van der Waals surface area contributed by atoms with Crippen molar-refractivity contribution < 1.29 is 27.4 Å². The number of aliphatic hydroxyl groups excluding tert-OH is 1. The summed E-state index contributed by atoms with van der Waals surface area (Å²) in [7, 11) is 0. The Morgan fingerprint density at radius 2 is 1.69 bits per heavy atom. The van der Waals surface area contributed by atoms with Crippen LogP contribution in [0.5, 0.6) is 0 Å². The fourth-order valence-corrected chi connectivity index (χ4v) is 3.32. The maximum absolute atomic E-state index is 15.1. The summed E-state index contributed by atoms with van der Waals surface area (Å²) in [5.74, 6) is -5.66. The lowest BCUT2D eigenvalue weighted by atomic mass is 9.90. The highest BCUT2D eigenvalue weighted by molar-refractivity contribution is 6.30. The normalized spacial score (nSPS) is 19.8. The van der Waals surface area contributed by atoms with Crippen molar-refractivity contribution >= 4 is 11.6 Å². The van der Waals surface area contributed by atoms with Gasteiger partial charge in [0.1, 0.15) is 23.4 Å². The summed E-state index contributed by atoms with van der Waals surface area (Å²) in [5.41, 5.74) is -2.51. The van der Waals surface area contributed by atoms with Crippen molar-refractivity contribution in [1.29, 1.82) is 0 Å². The second-order valence-corrected chi connectivity index (χ2v) is 7.18. The molecule has 0 saturated carbocycles. The zero-order chi connectivity index (χ0) is 20.8. The smallest absolute Gasteiger partial charge is 0.324 e. The standard InChI is InChI=1S/C21H14ClF4NO2/c22-14-4-1-12(2-5-14)19(28)13-3-8-18(27-10-13)21(25,26)20(11-29-20)16-7-6-15(23)9-17(16)24/h1-10,19,28H,11H2. The molecule has 3 nitrogen and oxygen atoms in total. The number of nitrogens with zero attached hydrogens (tertiary/aromatic N) is 1. The van der Waals surface area contributed by atoms with Gasteiger partial charge in [0.25, 0.3) is 0 Å². The molecule has 1 aliphatic rings. The van der Waals surface area contributed by atoms with E-state index in [-0.39, 0.29) is 0 Å². The van der Waals surface area contributed by atoms with Gasteiger partial charge in [-0.15, -0.1) is 0 Å². The van der Waals surface area contributed by atoms with E-state index in [0.29, 0.717) is 22.2 Å². The van der Waals surface area contributed by atoms with Crippen molar-refractivity contribution in [2.45, 2.75) is 17.6 Å². The molecule has 150 valence electrons. The second kappa shape index (κ2) is 7.09. The lowest BCUT2D eigenvalue weighted by molar-refractivity contribution is -0.0902. The molecule has 0 amide bonds. The Kier molecular flexibility index (Phi) is 4.85. The molecule has 0 spiro atoms.